The second-order valence-electron chi connectivity index (χ2n) is 4.18. The molecule has 1 heterocycles. The summed E-state index contributed by atoms with van der Waals surface area (Å²) in [6.07, 6.45) is 6.48. The average molecular weight is 241 g/mol. The number of aryl methyl sites for hydroxylation is 1. The zero-order valence-electron chi connectivity index (χ0n) is 10.6. The fraction of sp³-hybridized carbons (Fsp3) is 0.833. The van der Waals surface area contributed by atoms with Gasteiger partial charge in [0.1, 0.15) is 0 Å². The van der Waals surface area contributed by atoms with Crippen molar-refractivity contribution in [3.63, 3.8) is 0 Å². The highest BCUT2D eigenvalue weighted by Gasteiger charge is 2.15. The minimum absolute atomic E-state index is 0.460. The van der Waals surface area contributed by atoms with Gasteiger partial charge < -0.3 is 5.32 Å². The molecular formula is C12H23N3S. The number of hydrogen-bond acceptors (Lipinski definition) is 4. The van der Waals surface area contributed by atoms with Crippen molar-refractivity contribution in [2.45, 2.75) is 58.9 Å². The number of unbranched alkanes of at least 4 members (excludes halogenated alkanes) is 3. The van der Waals surface area contributed by atoms with Crippen LogP contribution < -0.4 is 5.32 Å². The summed E-state index contributed by atoms with van der Waals surface area (Å²) < 4.78 is 4.02. The lowest BCUT2D eigenvalue weighted by Gasteiger charge is -2.16. The van der Waals surface area contributed by atoms with Gasteiger partial charge in [-0.15, -0.1) is 5.10 Å². The molecule has 0 saturated carbocycles. The van der Waals surface area contributed by atoms with Gasteiger partial charge in [-0.05, 0) is 31.4 Å². The van der Waals surface area contributed by atoms with E-state index in [2.05, 4.69) is 35.7 Å². The summed E-state index contributed by atoms with van der Waals surface area (Å²) in [6, 6.07) is 0.460. The molecule has 16 heavy (non-hydrogen) atoms. The molecule has 0 saturated heterocycles. The van der Waals surface area contributed by atoms with Crippen molar-refractivity contribution in [3.8, 4) is 0 Å². The largest absolute Gasteiger partial charge is 0.309 e. The molecule has 0 aliphatic carbocycles. The summed E-state index contributed by atoms with van der Waals surface area (Å²) in [6.45, 7) is 7.47. The highest BCUT2D eigenvalue weighted by atomic mass is 32.1. The normalized spacial score (nSPS) is 12.9. The number of hydrogen-bond donors (Lipinski definition) is 1. The van der Waals surface area contributed by atoms with Crippen LogP contribution in [0.25, 0.3) is 0 Å². The van der Waals surface area contributed by atoms with E-state index in [0.29, 0.717) is 6.04 Å². The highest BCUT2D eigenvalue weighted by molar-refractivity contribution is 7.05. The lowest BCUT2D eigenvalue weighted by molar-refractivity contribution is 0.485. The molecule has 0 aromatic carbocycles. The Hall–Kier alpha value is -0.480. The Labute approximate surface area is 103 Å². The van der Waals surface area contributed by atoms with Crippen LogP contribution in [0.15, 0.2) is 0 Å². The monoisotopic (exact) mass is 241 g/mol. The molecule has 1 unspecified atom stereocenters. The zero-order valence-corrected chi connectivity index (χ0v) is 11.4. The molecule has 0 aliphatic rings. The first kappa shape index (κ1) is 13.6. The van der Waals surface area contributed by atoms with Crippen LogP contribution >= 0.6 is 11.5 Å². The number of nitrogens with zero attached hydrogens (tertiary/aromatic N) is 2. The van der Waals surface area contributed by atoms with Crippen molar-refractivity contribution < 1.29 is 0 Å². The zero-order chi connectivity index (χ0) is 11.8. The first-order valence-corrected chi connectivity index (χ1v) is 7.09. The molecule has 1 rings (SSSR count). The summed E-state index contributed by atoms with van der Waals surface area (Å²) in [4.78, 5) is 1.32. The van der Waals surface area contributed by atoms with E-state index in [1.165, 1.54) is 48.5 Å². The Kier molecular flexibility index (Phi) is 6.57. The van der Waals surface area contributed by atoms with Crippen LogP contribution in [0.4, 0.5) is 0 Å². The van der Waals surface area contributed by atoms with E-state index in [4.69, 9.17) is 0 Å². The Bertz CT molecular complexity index is 286. The van der Waals surface area contributed by atoms with Gasteiger partial charge in [-0.3, -0.25) is 0 Å². The molecule has 1 N–H and O–H groups in total. The third kappa shape index (κ3) is 4.18. The SMILES string of the molecule is CCCCCCC(NCC)c1snnc1C. The van der Waals surface area contributed by atoms with E-state index >= 15 is 0 Å². The van der Waals surface area contributed by atoms with Crippen molar-refractivity contribution in [3.05, 3.63) is 10.6 Å². The van der Waals surface area contributed by atoms with Gasteiger partial charge in [-0.1, -0.05) is 44.0 Å². The molecule has 0 bridgehead atoms. The molecule has 0 fully saturated rings. The Morgan fingerprint density at radius 3 is 2.62 bits per heavy atom. The van der Waals surface area contributed by atoms with Crippen LogP contribution in [-0.2, 0) is 0 Å². The lowest BCUT2D eigenvalue weighted by atomic mass is 10.1. The minimum atomic E-state index is 0.460. The predicted molar refractivity (Wildman–Crippen MR) is 69.8 cm³/mol. The van der Waals surface area contributed by atoms with Gasteiger partial charge in [0.2, 0.25) is 0 Å². The quantitative estimate of drug-likeness (QED) is 0.708. The average Bonchev–Trinajstić information content (AvgIpc) is 2.69. The third-order valence-corrected chi connectivity index (χ3v) is 3.74. The van der Waals surface area contributed by atoms with Crippen molar-refractivity contribution in [1.82, 2.24) is 14.9 Å². The van der Waals surface area contributed by atoms with Crippen molar-refractivity contribution in [1.29, 1.82) is 0 Å². The van der Waals surface area contributed by atoms with E-state index in [1.54, 1.807) is 0 Å². The second-order valence-corrected chi connectivity index (χ2v) is 4.97. The summed E-state index contributed by atoms with van der Waals surface area (Å²) in [5.74, 6) is 0. The summed E-state index contributed by atoms with van der Waals surface area (Å²) in [5, 5.41) is 7.63. The lowest BCUT2D eigenvalue weighted by Crippen LogP contribution is -2.20. The molecule has 1 atom stereocenters. The van der Waals surface area contributed by atoms with Gasteiger partial charge in [0.25, 0.3) is 0 Å². The smallest absolute Gasteiger partial charge is 0.0772 e. The van der Waals surface area contributed by atoms with Crippen molar-refractivity contribution in [2.75, 3.05) is 6.54 Å². The summed E-state index contributed by atoms with van der Waals surface area (Å²) >= 11 is 1.54. The third-order valence-electron chi connectivity index (χ3n) is 2.80. The first-order chi connectivity index (χ1) is 7.79. The van der Waals surface area contributed by atoms with Gasteiger partial charge in [0.05, 0.1) is 10.6 Å². The molecule has 0 radical (unpaired) electrons. The van der Waals surface area contributed by atoms with Crippen LogP contribution in [0.1, 0.15) is 62.6 Å². The highest BCUT2D eigenvalue weighted by Crippen LogP contribution is 2.24. The van der Waals surface area contributed by atoms with Gasteiger partial charge in [-0.2, -0.15) is 0 Å². The number of aromatic nitrogens is 2. The fourth-order valence-corrected chi connectivity index (χ4v) is 2.66. The Morgan fingerprint density at radius 1 is 1.25 bits per heavy atom. The molecule has 0 amide bonds. The van der Waals surface area contributed by atoms with Gasteiger partial charge in [-0.25, -0.2) is 0 Å². The van der Waals surface area contributed by atoms with Crippen LogP contribution in [0.3, 0.4) is 0 Å². The molecule has 4 heteroatoms. The van der Waals surface area contributed by atoms with E-state index in [9.17, 15) is 0 Å². The Balaban J connectivity index is 2.45. The topological polar surface area (TPSA) is 37.8 Å². The maximum absolute atomic E-state index is 4.09. The molecular weight excluding hydrogens is 218 g/mol. The van der Waals surface area contributed by atoms with E-state index in [1.807, 2.05) is 0 Å². The molecule has 3 nitrogen and oxygen atoms in total. The predicted octanol–water partition coefficient (Wildman–Crippen LogP) is 3.47. The summed E-state index contributed by atoms with van der Waals surface area (Å²) in [5.41, 5.74) is 1.09. The van der Waals surface area contributed by atoms with Gasteiger partial charge >= 0.3 is 0 Å². The van der Waals surface area contributed by atoms with Crippen LogP contribution in [0.5, 0.6) is 0 Å². The molecule has 92 valence electrons. The van der Waals surface area contributed by atoms with Crippen molar-refractivity contribution in [2.24, 2.45) is 0 Å². The van der Waals surface area contributed by atoms with E-state index < -0.39 is 0 Å². The van der Waals surface area contributed by atoms with Gasteiger partial charge in [0, 0.05) is 6.04 Å². The minimum Gasteiger partial charge on any atom is -0.309 e. The number of nitrogens with one attached hydrogen (secondary N) is 1. The van der Waals surface area contributed by atoms with E-state index in [-0.39, 0.29) is 0 Å². The summed E-state index contributed by atoms with van der Waals surface area (Å²) in [7, 11) is 0. The molecule has 1 aromatic heterocycles. The molecule has 0 spiro atoms. The van der Waals surface area contributed by atoms with Crippen LogP contribution in [-0.4, -0.2) is 16.1 Å². The van der Waals surface area contributed by atoms with Crippen LogP contribution in [0, 0.1) is 6.92 Å². The Morgan fingerprint density at radius 2 is 2.06 bits per heavy atom. The van der Waals surface area contributed by atoms with Gasteiger partial charge in [0.15, 0.2) is 0 Å². The maximum atomic E-state index is 4.09. The second kappa shape index (κ2) is 7.74. The van der Waals surface area contributed by atoms with Crippen molar-refractivity contribution >= 4 is 11.5 Å². The van der Waals surface area contributed by atoms with E-state index in [0.717, 1.165) is 12.2 Å². The molecule has 0 aliphatic heterocycles. The fourth-order valence-electron chi connectivity index (χ4n) is 1.90. The van der Waals surface area contributed by atoms with Crippen LogP contribution in [0.2, 0.25) is 0 Å². The maximum Gasteiger partial charge on any atom is 0.0772 e. The first-order valence-electron chi connectivity index (χ1n) is 6.31. The number of rotatable bonds is 8. The standard InChI is InChI=1S/C12H23N3S/c1-4-6-7-8-9-11(13-5-2)12-10(3)14-15-16-12/h11,13H,4-9H2,1-3H3. The molecule has 1 aromatic rings.